The van der Waals surface area contributed by atoms with Crippen molar-refractivity contribution in [2.45, 2.75) is 52.2 Å². The van der Waals surface area contributed by atoms with E-state index in [1.54, 1.807) is 0 Å². The molecule has 2 rings (SSSR count). The fraction of sp³-hybridized carbons (Fsp3) is 0.643. The fourth-order valence-electron chi connectivity index (χ4n) is 2.63. The van der Waals surface area contributed by atoms with Gasteiger partial charge in [-0.05, 0) is 31.7 Å². The standard InChI is InChI=1S/C14H22N2O3/c1-9-5-3-4-6-12(9)18-8-11-7-10(2)13(19-11)14(17)16-15/h7,9,12H,3-6,8,15H2,1-2H3,(H,16,17). The van der Waals surface area contributed by atoms with E-state index in [1.165, 1.54) is 19.3 Å². The second-order valence-corrected chi connectivity index (χ2v) is 5.31. The van der Waals surface area contributed by atoms with Crippen molar-refractivity contribution in [3.63, 3.8) is 0 Å². The highest BCUT2D eigenvalue weighted by Gasteiger charge is 2.22. The number of nitrogens with one attached hydrogen (secondary N) is 1. The van der Waals surface area contributed by atoms with Gasteiger partial charge in [0.1, 0.15) is 12.4 Å². The minimum atomic E-state index is -0.408. The maximum atomic E-state index is 11.4. The fourth-order valence-corrected chi connectivity index (χ4v) is 2.63. The molecule has 1 aromatic rings. The molecule has 1 heterocycles. The summed E-state index contributed by atoms with van der Waals surface area (Å²) < 4.78 is 11.4. The number of hydrogen-bond donors (Lipinski definition) is 2. The normalized spacial score (nSPS) is 23.3. The second kappa shape index (κ2) is 6.21. The summed E-state index contributed by atoms with van der Waals surface area (Å²) >= 11 is 0. The number of carbonyl (C=O) groups excluding carboxylic acids is 1. The molecule has 1 saturated carbocycles. The number of hydrogen-bond acceptors (Lipinski definition) is 4. The van der Waals surface area contributed by atoms with E-state index in [1.807, 2.05) is 13.0 Å². The van der Waals surface area contributed by atoms with Crippen LogP contribution in [0, 0.1) is 12.8 Å². The van der Waals surface area contributed by atoms with Crippen LogP contribution in [0.15, 0.2) is 10.5 Å². The Bertz CT molecular complexity index is 442. The van der Waals surface area contributed by atoms with Gasteiger partial charge in [0.2, 0.25) is 0 Å². The van der Waals surface area contributed by atoms with Gasteiger partial charge in [-0.25, -0.2) is 5.84 Å². The summed E-state index contributed by atoms with van der Waals surface area (Å²) in [6.07, 6.45) is 5.15. The molecule has 0 saturated heterocycles. The Morgan fingerprint density at radius 2 is 2.26 bits per heavy atom. The van der Waals surface area contributed by atoms with Crippen molar-refractivity contribution in [1.29, 1.82) is 0 Å². The molecule has 2 atom stereocenters. The summed E-state index contributed by atoms with van der Waals surface area (Å²) in [4.78, 5) is 11.4. The lowest BCUT2D eigenvalue weighted by Gasteiger charge is -2.28. The molecule has 106 valence electrons. The monoisotopic (exact) mass is 266 g/mol. The van der Waals surface area contributed by atoms with Crippen LogP contribution in [0.1, 0.15) is 54.5 Å². The molecule has 0 bridgehead atoms. The molecule has 5 nitrogen and oxygen atoms in total. The van der Waals surface area contributed by atoms with E-state index < -0.39 is 5.91 Å². The summed E-state index contributed by atoms with van der Waals surface area (Å²) in [5.74, 6) is 6.22. The molecule has 0 spiro atoms. The van der Waals surface area contributed by atoms with E-state index in [2.05, 4.69) is 12.3 Å². The van der Waals surface area contributed by atoms with Crippen LogP contribution < -0.4 is 11.3 Å². The Kier molecular flexibility index (Phi) is 4.61. The summed E-state index contributed by atoms with van der Waals surface area (Å²) in [7, 11) is 0. The van der Waals surface area contributed by atoms with Gasteiger partial charge in [-0.1, -0.05) is 19.8 Å². The molecular weight excluding hydrogens is 244 g/mol. The van der Waals surface area contributed by atoms with Gasteiger partial charge in [0.25, 0.3) is 0 Å². The summed E-state index contributed by atoms with van der Waals surface area (Å²) in [6, 6.07) is 1.83. The lowest BCUT2D eigenvalue weighted by atomic mass is 9.88. The van der Waals surface area contributed by atoms with Crippen LogP contribution in [-0.2, 0) is 11.3 Å². The first-order chi connectivity index (χ1) is 9.11. The number of nitrogen functional groups attached to an aromatic ring is 1. The highest BCUT2D eigenvalue weighted by Crippen LogP contribution is 2.27. The van der Waals surface area contributed by atoms with Crippen molar-refractivity contribution in [2.24, 2.45) is 11.8 Å². The average molecular weight is 266 g/mol. The number of hydrazine groups is 1. The van der Waals surface area contributed by atoms with Crippen molar-refractivity contribution < 1.29 is 13.9 Å². The summed E-state index contributed by atoms with van der Waals surface area (Å²) in [6.45, 7) is 4.46. The lowest BCUT2D eigenvalue weighted by Crippen LogP contribution is -2.30. The molecule has 0 aromatic carbocycles. The first-order valence-corrected chi connectivity index (χ1v) is 6.83. The molecule has 3 N–H and O–H groups in total. The first kappa shape index (κ1) is 14.1. The molecule has 1 fully saturated rings. The predicted octanol–water partition coefficient (Wildman–Crippen LogP) is 2.29. The van der Waals surface area contributed by atoms with Crippen LogP contribution in [0.25, 0.3) is 0 Å². The van der Waals surface area contributed by atoms with E-state index >= 15 is 0 Å². The van der Waals surface area contributed by atoms with Gasteiger partial charge in [-0.3, -0.25) is 10.2 Å². The molecule has 19 heavy (non-hydrogen) atoms. The van der Waals surface area contributed by atoms with E-state index in [4.69, 9.17) is 15.0 Å². The zero-order valence-electron chi connectivity index (χ0n) is 11.6. The zero-order chi connectivity index (χ0) is 13.8. The zero-order valence-corrected chi connectivity index (χ0v) is 11.6. The molecule has 1 aromatic heterocycles. The largest absolute Gasteiger partial charge is 0.453 e. The minimum absolute atomic E-state index is 0.262. The quantitative estimate of drug-likeness (QED) is 0.498. The highest BCUT2D eigenvalue weighted by atomic mass is 16.5. The molecule has 1 amide bonds. The Balaban J connectivity index is 1.94. The first-order valence-electron chi connectivity index (χ1n) is 6.83. The Hall–Kier alpha value is -1.33. The molecule has 1 aliphatic carbocycles. The third-order valence-corrected chi connectivity index (χ3v) is 3.78. The van der Waals surface area contributed by atoms with Crippen LogP contribution in [-0.4, -0.2) is 12.0 Å². The highest BCUT2D eigenvalue weighted by molar-refractivity contribution is 5.92. The van der Waals surface area contributed by atoms with Crippen molar-refractivity contribution in [2.75, 3.05) is 0 Å². The van der Waals surface area contributed by atoms with E-state index in [0.717, 1.165) is 12.0 Å². The van der Waals surface area contributed by atoms with Crippen molar-refractivity contribution in [3.8, 4) is 0 Å². The van der Waals surface area contributed by atoms with Gasteiger partial charge in [-0.15, -0.1) is 0 Å². The van der Waals surface area contributed by atoms with Gasteiger partial charge < -0.3 is 9.15 Å². The number of nitrogens with two attached hydrogens (primary N) is 1. The van der Waals surface area contributed by atoms with Gasteiger partial charge in [-0.2, -0.15) is 0 Å². The van der Waals surface area contributed by atoms with Crippen LogP contribution >= 0.6 is 0 Å². The maximum Gasteiger partial charge on any atom is 0.301 e. The lowest BCUT2D eigenvalue weighted by molar-refractivity contribution is -0.0221. The smallest absolute Gasteiger partial charge is 0.301 e. The maximum absolute atomic E-state index is 11.4. The molecular formula is C14H22N2O3. The Labute approximate surface area is 113 Å². The molecule has 0 radical (unpaired) electrons. The van der Waals surface area contributed by atoms with Gasteiger partial charge in [0.15, 0.2) is 5.76 Å². The topological polar surface area (TPSA) is 77.5 Å². The third kappa shape index (κ3) is 3.36. The van der Waals surface area contributed by atoms with Crippen LogP contribution in [0.4, 0.5) is 0 Å². The molecule has 0 aliphatic heterocycles. The number of furan rings is 1. The Morgan fingerprint density at radius 1 is 1.53 bits per heavy atom. The van der Waals surface area contributed by atoms with Crippen molar-refractivity contribution in [3.05, 3.63) is 23.2 Å². The third-order valence-electron chi connectivity index (χ3n) is 3.78. The summed E-state index contributed by atoms with van der Waals surface area (Å²) in [5, 5.41) is 0. The Morgan fingerprint density at radius 3 is 2.95 bits per heavy atom. The second-order valence-electron chi connectivity index (χ2n) is 5.31. The molecule has 5 heteroatoms. The number of aryl methyl sites for hydroxylation is 1. The van der Waals surface area contributed by atoms with Crippen molar-refractivity contribution in [1.82, 2.24) is 5.43 Å². The van der Waals surface area contributed by atoms with Gasteiger partial charge >= 0.3 is 5.91 Å². The number of ether oxygens (including phenoxy) is 1. The van der Waals surface area contributed by atoms with Crippen LogP contribution in [0.2, 0.25) is 0 Å². The predicted molar refractivity (Wildman–Crippen MR) is 71.3 cm³/mol. The van der Waals surface area contributed by atoms with Crippen LogP contribution in [0.5, 0.6) is 0 Å². The molecule has 1 aliphatic rings. The number of rotatable bonds is 4. The van der Waals surface area contributed by atoms with Gasteiger partial charge in [0.05, 0.1) is 6.10 Å². The van der Waals surface area contributed by atoms with E-state index in [0.29, 0.717) is 24.4 Å². The minimum Gasteiger partial charge on any atom is -0.453 e. The summed E-state index contributed by atoms with van der Waals surface area (Å²) in [5.41, 5.74) is 2.85. The van der Waals surface area contributed by atoms with Gasteiger partial charge in [0, 0.05) is 5.56 Å². The van der Waals surface area contributed by atoms with E-state index in [-0.39, 0.29) is 5.76 Å². The number of amides is 1. The SMILES string of the molecule is Cc1cc(COC2CCCCC2C)oc1C(=O)NN. The van der Waals surface area contributed by atoms with E-state index in [9.17, 15) is 4.79 Å². The molecule has 2 unspecified atom stereocenters. The van der Waals surface area contributed by atoms with Crippen LogP contribution in [0.3, 0.4) is 0 Å². The number of carbonyl (C=O) groups is 1. The van der Waals surface area contributed by atoms with Crippen molar-refractivity contribution >= 4 is 5.91 Å². The average Bonchev–Trinajstić information content (AvgIpc) is 2.78.